The minimum absolute atomic E-state index is 0.0581. The quantitative estimate of drug-likeness (QED) is 0.854. The zero-order valence-corrected chi connectivity index (χ0v) is 16.1. The molecule has 0 saturated carbocycles. The highest BCUT2D eigenvalue weighted by Crippen LogP contribution is 2.38. The number of carbonyl (C=O) groups excluding carboxylic acids is 2. The van der Waals surface area contributed by atoms with Crippen molar-refractivity contribution in [2.24, 2.45) is 0 Å². The Morgan fingerprint density at radius 1 is 1.15 bits per heavy atom. The van der Waals surface area contributed by atoms with Crippen molar-refractivity contribution in [2.75, 3.05) is 18.0 Å². The van der Waals surface area contributed by atoms with Crippen molar-refractivity contribution in [3.8, 4) is 5.75 Å². The molecule has 1 aliphatic heterocycles. The molecule has 27 heavy (non-hydrogen) atoms. The number of nitrogens with zero attached hydrogens (tertiary/aromatic N) is 1. The second-order valence-electron chi connectivity index (χ2n) is 7.38. The van der Waals surface area contributed by atoms with E-state index in [4.69, 9.17) is 4.74 Å². The van der Waals surface area contributed by atoms with Crippen LogP contribution in [0.25, 0.3) is 0 Å². The van der Waals surface area contributed by atoms with Gasteiger partial charge in [0.05, 0.1) is 5.69 Å². The van der Waals surface area contributed by atoms with E-state index in [-0.39, 0.29) is 18.2 Å². The first-order valence-corrected chi connectivity index (χ1v) is 9.29. The van der Waals surface area contributed by atoms with Gasteiger partial charge in [0.25, 0.3) is 5.91 Å². The Hall–Kier alpha value is -2.82. The molecule has 3 rings (SSSR count). The predicted molar refractivity (Wildman–Crippen MR) is 106 cm³/mol. The Morgan fingerprint density at radius 3 is 2.63 bits per heavy atom. The second kappa shape index (κ2) is 7.82. The predicted octanol–water partition coefficient (Wildman–Crippen LogP) is 3.25. The van der Waals surface area contributed by atoms with Gasteiger partial charge in [-0.2, -0.15) is 0 Å². The molecule has 2 amide bonds. The molecule has 0 aromatic heterocycles. The monoisotopic (exact) mass is 366 g/mol. The van der Waals surface area contributed by atoms with Crippen molar-refractivity contribution in [1.82, 2.24) is 5.32 Å². The molecule has 1 N–H and O–H groups in total. The molecular formula is C22H26N2O3. The lowest BCUT2D eigenvalue weighted by Crippen LogP contribution is -2.53. The second-order valence-corrected chi connectivity index (χ2v) is 7.38. The van der Waals surface area contributed by atoms with Crippen LogP contribution in [0.2, 0.25) is 0 Å². The fraction of sp³-hybridized carbons (Fsp3) is 0.364. The first kappa shape index (κ1) is 19.0. The molecular weight excluding hydrogens is 340 g/mol. The van der Waals surface area contributed by atoms with Crippen LogP contribution in [-0.2, 0) is 16.0 Å². The van der Waals surface area contributed by atoms with Crippen molar-refractivity contribution in [3.05, 3.63) is 59.7 Å². The zero-order chi connectivity index (χ0) is 19.4. The Kier molecular flexibility index (Phi) is 5.49. The third-order valence-electron chi connectivity index (χ3n) is 4.67. The van der Waals surface area contributed by atoms with E-state index in [0.717, 1.165) is 17.7 Å². The number of carbonyl (C=O) groups is 2. The lowest BCUT2D eigenvalue weighted by atomic mass is 10.0. The third-order valence-corrected chi connectivity index (χ3v) is 4.67. The van der Waals surface area contributed by atoms with Crippen molar-refractivity contribution in [3.63, 3.8) is 0 Å². The molecule has 0 radical (unpaired) electrons. The zero-order valence-electron chi connectivity index (χ0n) is 16.1. The Balaban J connectivity index is 1.60. The number of fused-ring (bicyclic) bond motifs is 1. The molecule has 1 heterocycles. The minimum atomic E-state index is -0.938. The SMILES string of the molecule is Cc1ccc2c(c1)N(CCC(=O)NCCc1ccccc1)C(=O)C(C)(C)O2. The van der Waals surface area contributed by atoms with Gasteiger partial charge in [0.1, 0.15) is 5.75 Å². The minimum Gasteiger partial charge on any atom is -0.476 e. The lowest BCUT2D eigenvalue weighted by Gasteiger charge is -2.38. The van der Waals surface area contributed by atoms with Gasteiger partial charge >= 0.3 is 0 Å². The molecule has 142 valence electrons. The summed E-state index contributed by atoms with van der Waals surface area (Å²) in [5.41, 5.74) is 2.03. The standard InChI is InChI=1S/C22H26N2O3/c1-16-9-10-19-18(15-16)24(21(26)22(2,3)27-19)14-12-20(25)23-13-11-17-7-5-4-6-8-17/h4-10,15H,11-14H2,1-3H3,(H,23,25). The summed E-state index contributed by atoms with van der Waals surface area (Å²) in [6.45, 7) is 6.40. The topological polar surface area (TPSA) is 58.6 Å². The van der Waals surface area contributed by atoms with E-state index >= 15 is 0 Å². The van der Waals surface area contributed by atoms with E-state index in [1.165, 1.54) is 5.56 Å². The maximum Gasteiger partial charge on any atom is 0.270 e. The van der Waals surface area contributed by atoms with Crippen LogP contribution in [0, 0.1) is 6.92 Å². The summed E-state index contributed by atoms with van der Waals surface area (Å²) >= 11 is 0. The molecule has 0 spiro atoms. The fourth-order valence-electron chi connectivity index (χ4n) is 3.19. The Bertz CT molecular complexity index is 831. The van der Waals surface area contributed by atoms with Crippen LogP contribution in [0.3, 0.4) is 0 Å². The smallest absolute Gasteiger partial charge is 0.270 e. The van der Waals surface area contributed by atoms with Gasteiger partial charge in [0.15, 0.2) is 5.60 Å². The summed E-state index contributed by atoms with van der Waals surface area (Å²) in [6.07, 6.45) is 1.04. The van der Waals surface area contributed by atoms with Crippen LogP contribution < -0.4 is 15.0 Å². The number of benzene rings is 2. The highest BCUT2D eigenvalue weighted by Gasteiger charge is 2.40. The number of rotatable bonds is 6. The van der Waals surface area contributed by atoms with Crippen molar-refractivity contribution >= 4 is 17.5 Å². The molecule has 0 bridgehead atoms. The van der Waals surface area contributed by atoms with E-state index in [1.807, 2.05) is 55.5 Å². The lowest BCUT2D eigenvalue weighted by molar-refractivity contribution is -0.132. The van der Waals surface area contributed by atoms with Crippen molar-refractivity contribution in [1.29, 1.82) is 0 Å². The van der Waals surface area contributed by atoms with Crippen molar-refractivity contribution < 1.29 is 14.3 Å². The van der Waals surface area contributed by atoms with Crippen LogP contribution in [0.4, 0.5) is 5.69 Å². The number of hydrogen-bond donors (Lipinski definition) is 1. The van der Waals surface area contributed by atoms with Gasteiger partial charge in [0, 0.05) is 19.5 Å². The molecule has 2 aromatic carbocycles. The van der Waals surface area contributed by atoms with Crippen molar-refractivity contribution in [2.45, 2.75) is 39.2 Å². The Labute approximate surface area is 160 Å². The van der Waals surface area contributed by atoms with Crippen LogP contribution in [0.5, 0.6) is 5.75 Å². The number of nitrogens with one attached hydrogen (secondary N) is 1. The normalized spacial score (nSPS) is 15.1. The van der Waals surface area contributed by atoms with Crippen LogP contribution >= 0.6 is 0 Å². The third kappa shape index (κ3) is 4.48. The molecule has 1 aliphatic rings. The first-order valence-electron chi connectivity index (χ1n) is 9.29. The average molecular weight is 366 g/mol. The number of anilines is 1. The largest absolute Gasteiger partial charge is 0.476 e. The average Bonchev–Trinajstić information content (AvgIpc) is 2.63. The molecule has 0 saturated heterocycles. The summed E-state index contributed by atoms with van der Waals surface area (Å²) < 4.78 is 5.85. The molecule has 0 unspecified atom stereocenters. The number of aryl methyl sites for hydroxylation is 1. The number of hydrogen-bond acceptors (Lipinski definition) is 3. The maximum absolute atomic E-state index is 12.8. The van der Waals surface area contributed by atoms with Gasteiger partial charge in [-0.1, -0.05) is 36.4 Å². The van der Waals surface area contributed by atoms with E-state index in [1.54, 1.807) is 18.7 Å². The van der Waals surface area contributed by atoms with Gasteiger partial charge in [-0.3, -0.25) is 9.59 Å². The van der Waals surface area contributed by atoms with Gasteiger partial charge in [0.2, 0.25) is 5.91 Å². The van der Waals surface area contributed by atoms with E-state index in [0.29, 0.717) is 18.8 Å². The summed E-state index contributed by atoms with van der Waals surface area (Å²) in [5.74, 6) is 0.490. The first-order chi connectivity index (χ1) is 12.9. The molecule has 0 atom stereocenters. The summed E-state index contributed by atoms with van der Waals surface area (Å²) in [4.78, 5) is 26.7. The molecule has 5 heteroatoms. The van der Waals surface area contributed by atoms with Gasteiger partial charge in [-0.05, 0) is 50.5 Å². The van der Waals surface area contributed by atoms with Crippen LogP contribution in [0.1, 0.15) is 31.4 Å². The fourth-order valence-corrected chi connectivity index (χ4v) is 3.19. The van der Waals surface area contributed by atoms with Gasteiger partial charge < -0.3 is 15.0 Å². The summed E-state index contributed by atoms with van der Waals surface area (Å²) in [6, 6.07) is 15.8. The van der Waals surface area contributed by atoms with E-state index in [2.05, 4.69) is 5.32 Å². The van der Waals surface area contributed by atoms with Gasteiger partial charge in [-0.15, -0.1) is 0 Å². The van der Waals surface area contributed by atoms with E-state index in [9.17, 15) is 9.59 Å². The summed E-state index contributed by atoms with van der Waals surface area (Å²) in [7, 11) is 0. The highest BCUT2D eigenvalue weighted by molar-refractivity contribution is 6.02. The molecule has 5 nitrogen and oxygen atoms in total. The molecule has 0 fully saturated rings. The molecule has 2 aromatic rings. The van der Waals surface area contributed by atoms with Crippen LogP contribution in [0.15, 0.2) is 48.5 Å². The highest BCUT2D eigenvalue weighted by atomic mass is 16.5. The summed E-state index contributed by atoms with van der Waals surface area (Å²) in [5, 5.41) is 2.93. The number of ether oxygens (including phenoxy) is 1. The van der Waals surface area contributed by atoms with E-state index < -0.39 is 5.60 Å². The maximum atomic E-state index is 12.8. The number of amides is 2. The molecule has 0 aliphatic carbocycles. The Morgan fingerprint density at radius 2 is 1.89 bits per heavy atom. The van der Waals surface area contributed by atoms with Gasteiger partial charge in [-0.25, -0.2) is 0 Å². The van der Waals surface area contributed by atoms with Crippen LogP contribution in [-0.4, -0.2) is 30.5 Å².